The number of carbonyl (C=O) groups is 2. The van der Waals surface area contributed by atoms with Crippen molar-refractivity contribution in [2.75, 3.05) is 22.9 Å². The Morgan fingerprint density at radius 3 is 2.82 bits per heavy atom. The van der Waals surface area contributed by atoms with Crippen LogP contribution >= 0.6 is 0 Å². The summed E-state index contributed by atoms with van der Waals surface area (Å²) in [4.78, 5) is 29.8. The Balaban J connectivity index is 1.34. The Morgan fingerprint density at radius 1 is 1.21 bits per heavy atom. The third kappa shape index (κ3) is 3.96. The van der Waals surface area contributed by atoms with E-state index in [2.05, 4.69) is 37.1 Å². The van der Waals surface area contributed by atoms with Crippen LogP contribution in [0.15, 0.2) is 60.9 Å². The zero-order chi connectivity index (χ0) is 23.9. The normalized spacial score (nSPS) is 18.7. The van der Waals surface area contributed by atoms with Crippen LogP contribution in [0.25, 0.3) is 0 Å². The maximum atomic E-state index is 13.6. The molecule has 1 saturated heterocycles. The van der Waals surface area contributed by atoms with Crippen molar-refractivity contribution >= 4 is 23.2 Å². The van der Waals surface area contributed by atoms with Gasteiger partial charge in [-0.1, -0.05) is 32.0 Å². The fourth-order valence-corrected chi connectivity index (χ4v) is 5.04. The van der Waals surface area contributed by atoms with Crippen LogP contribution in [0.2, 0.25) is 0 Å². The summed E-state index contributed by atoms with van der Waals surface area (Å²) >= 11 is 0. The van der Waals surface area contributed by atoms with Gasteiger partial charge in [0.15, 0.2) is 0 Å². The second-order valence-electron chi connectivity index (χ2n) is 9.75. The van der Waals surface area contributed by atoms with Crippen molar-refractivity contribution < 1.29 is 9.59 Å². The molecule has 1 aromatic heterocycles. The first-order chi connectivity index (χ1) is 16.4. The van der Waals surface area contributed by atoms with Gasteiger partial charge >= 0.3 is 0 Å². The number of amides is 2. The largest absolute Gasteiger partial charge is 0.312 e. The predicted octanol–water partition coefficient (Wildman–Crippen LogP) is 3.67. The van der Waals surface area contributed by atoms with E-state index in [0.717, 1.165) is 18.7 Å². The number of anilines is 2. The average Bonchev–Trinajstić information content (AvgIpc) is 3.56. The smallest absolute Gasteiger partial charge is 0.232 e. The number of hydrogen-bond donors (Lipinski definition) is 0. The summed E-state index contributed by atoms with van der Waals surface area (Å²) in [6.45, 7) is 6.06. The first-order valence-electron chi connectivity index (χ1n) is 11.6. The number of nitriles is 1. The molecule has 2 amide bonds. The van der Waals surface area contributed by atoms with Gasteiger partial charge in [0.2, 0.25) is 11.8 Å². The summed E-state index contributed by atoms with van der Waals surface area (Å²) in [5, 5.41) is 13.5. The fraction of sp³-hybridized carbons (Fsp3) is 0.333. The lowest BCUT2D eigenvalue weighted by Crippen LogP contribution is -2.39. The number of aromatic nitrogens is 2. The minimum atomic E-state index is -0.403. The van der Waals surface area contributed by atoms with Crippen LogP contribution in [0.5, 0.6) is 0 Å². The minimum Gasteiger partial charge on any atom is -0.312 e. The van der Waals surface area contributed by atoms with Crippen LogP contribution < -0.4 is 9.80 Å². The van der Waals surface area contributed by atoms with Crippen LogP contribution in [0.3, 0.4) is 0 Å². The monoisotopic (exact) mass is 453 g/mol. The van der Waals surface area contributed by atoms with Gasteiger partial charge in [-0.3, -0.25) is 14.3 Å². The molecule has 1 fully saturated rings. The molecule has 0 bridgehead atoms. The van der Waals surface area contributed by atoms with E-state index < -0.39 is 5.92 Å². The van der Waals surface area contributed by atoms with Crippen LogP contribution in [0, 0.1) is 17.2 Å². The highest BCUT2D eigenvalue weighted by molar-refractivity contribution is 6.05. The molecule has 0 N–H and O–H groups in total. The van der Waals surface area contributed by atoms with E-state index in [0.29, 0.717) is 24.3 Å². The zero-order valence-electron chi connectivity index (χ0n) is 19.4. The molecule has 1 unspecified atom stereocenters. The lowest BCUT2D eigenvalue weighted by molar-refractivity contribution is -0.124. The van der Waals surface area contributed by atoms with E-state index in [9.17, 15) is 14.9 Å². The molecule has 2 aliphatic rings. The molecule has 3 aromatic rings. The van der Waals surface area contributed by atoms with Gasteiger partial charge in [-0.2, -0.15) is 10.4 Å². The number of hydrogen-bond acceptors (Lipinski definition) is 4. The van der Waals surface area contributed by atoms with Crippen molar-refractivity contribution in [3.05, 3.63) is 77.6 Å². The molecule has 0 saturated carbocycles. The number of benzene rings is 2. The number of nitrogens with zero attached hydrogens (tertiary/aromatic N) is 5. The number of rotatable bonds is 5. The van der Waals surface area contributed by atoms with E-state index in [4.69, 9.17) is 0 Å². The van der Waals surface area contributed by atoms with Gasteiger partial charge in [0, 0.05) is 55.2 Å². The summed E-state index contributed by atoms with van der Waals surface area (Å²) < 4.78 is 1.92. The van der Waals surface area contributed by atoms with Crippen molar-refractivity contribution in [2.24, 2.45) is 5.92 Å². The van der Waals surface area contributed by atoms with Crippen molar-refractivity contribution in [1.29, 1.82) is 5.26 Å². The van der Waals surface area contributed by atoms with Gasteiger partial charge in [-0.05, 0) is 47.9 Å². The standard InChI is InChI=1S/C27H27N5O2/c1-27(2)18-32(24-8-7-19(14-23(24)27)9-12-30-11-4-10-29-30)26(34)21-15-25(33)31(17-21)22-6-3-5-20(13-22)16-28/h3-8,10-11,13-14,21H,9,12,15,17-18H2,1-2H3. The van der Waals surface area contributed by atoms with E-state index in [1.54, 1.807) is 29.3 Å². The highest BCUT2D eigenvalue weighted by atomic mass is 16.2. The molecule has 0 spiro atoms. The predicted molar refractivity (Wildman–Crippen MR) is 129 cm³/mol. The fourth-order valence-electron chi connectivity index (χ4n) is 5.04. The molecule has 2 aromatic carbocycles. The molecule has 2 aliphatic heterocycles. The Hall–Kier alpha value is -3.92. The molecular weight excluding hydrogens is 426 g/mol. The first-order valence-corrected chi connectivity index (χ1v) is 11.6. The number of aryl methyl sites for hydroxylation is 2. The minimum absolute atomic E-state index is 0.0107. The summed E-state index contributed by atoms with van der Waals surface area (Å²) in [6.07, 6.45) is 4.79. The Morgan fingerprint density at radius 2 is 2.06 bits per heavy atom. The van der Waals surface area contributed by atoms with Gasteiger partial charge in [0.1, 0.15) is 0 Å². The van der Waals surface area contributed by atoms with Gasteiger partial charge in [0.25, 0.3) is 0 Å². The molecule has 172 valence electrons. The summed E-state index contributed by atoms with van der Waals surface area (Å²) in [5.74, 6) is -0.496. The molecule has 0 radical (unpaired) electrons. The molecule has 5 rings (SSSR count). The Kier molecular flexibility index (Phi) is 5.45. The van der Waals surface area contributed by atoms with E-state index >= 15 is 0 Å². The second-order valence-corrected chi connectivity index (χ2v) is 9.75. The van der Waals surface area contributed by atoms with E-state index in [1.807, 2.05) is 34.0 Å². The maximum absolute atomic E-state index is 13.6. The van der Waals surface area contributed by atoms with Crippen molar-refractivity contribution in [3.8, 4) is 6.07 Å². The molecular formula is C27H27N5O2. The molecule has 7 heteroatoms. The van der Waals surface area contributed by atoms with Crippen molar-refractivity contribution in [1.82, 2.24) is 9.78 Å². The zero-order valence-corrected chi connectivity index (χ0v) is 19.4. The van der Waals surface area contributed by atoms with E-state index in [-0.39, 0.29) is 23.7 Å². The van der Waals surface area contributed by atoms with Crippen molar-refractivity contribution in [2.45, 2.75) is 38.6 Å². The topological polar surface area (TPSA) is 82.2 Å². The summed E-state index contributed by atoms with van der Waals surface area (Å²) in [6, 6.07) is 17.4. The van der Waals surface area contributed by atoms with Gasteiger partial charge < -0.3 is 9.80 Å². The van der Waals surface area contributed by atoms with E-state index in [1.165, 1.54) is 11.1 Å². The summed E-state index contributed by atoms with van der Waals surface area (Å²) in [7, 11) is 0. The van der Waals surface area contributed by atoms with Crippen LogP contribution in [0.4, 0.5) is 11.4 Å². The number of fused-ring (bicyclic) bond motifs is 1. The summed E-state index contributed by atoms with van der Waals surface area (Å²) in [5.41, 5.74) is 4.32. The lowest BCUT2D eigenvalue weighted by atomic mass is 9.86. The molecule has 1 atom stereocenters. The van der Waals surface area contributed by atoms with Crippen LogP contribution in [-0.4, -0.2) is 34.7 Å². The highest BCUT2D eigenvalue weighted by Gasteiger charge is 2.43. The first kappa shape index (κ1) is 21.9. The SMILES string of the molecule is CC1(C)CN(C(=O)C2CC(=O)N(c3cccc(C#N)c3)C2)c2ccc(CCn3cccn3)cc21. The third-order valence-corrected chi connectivity index (χ3v) is 6.85. The highest BCUT2D eigenvalue weighted by Crippen LogP contribution is 2.42. The molecule has 7 nitrogen and oxygen atoms in total. The van der Waals surface area contributed by atoms with Gasteiger partial charge in [0.05, 0.1) is 17.6 Å². The average molecular weight is 454 g/mol. The molecule has 3 heterocycles. The van der Waals surface area contributed by atoms with Gasteiger partial charge in [-0.25, -0.2) is 0 Å². The Labute approximate surface area is 199 Å². The third-order valence-electron chi connectivity index (χ3n) is 6.85. The lowest BCUT2D eigenvalue weighted by Gasteiger charge is -2.23. The quantitative estimate of drug-likeness (QED) is 0.590. The van der Waals surface area contributed by atoms with Crippen LogP contribution in [0.1, 0.15) is 37.0 Å². The number of carbonyl (C=O) groups excluding carboxylic acids is 2. The maximum Gasteiger partial charge on any atom is 0.232 e. The van der Waals surface area contributed by atoms with Crippen LogP contribution in [-0.2, 0) is 28.0 Å². The second kappa shape index (κ2) is 8.45. The molecule has 0 aliphatic carbocycles. The Bertz CT molecular complexity index is 1290. The van der Waals surface area contributed by atoms with Gasteiger partial charge in [-0.15, -0.1) is 0 Å². The molecule has 34 heavy (non-hydrogen) atoms. The van der Waals surface area contributed by atoms with Crippen molar-refractivity contribution in [3.63, 3.8) is 0 Å².